The molecule has 0 aliphatic rings. The standard InChI is InChI=1S/C18H12O10/c19-9-5-4-8(12(17(24)25)18(26)27)14-10(9)6-2-1-3-7(13(6)28-14)11(15(20)21)16(22)23/h1-5,11-12,19H,(H,20,21)(H,22,23)(H,24,25)(H,26,27). The number of carboxylic acid groups (broad SMARTS) is 4. The van der Waals surface area contributed by atoms with Crippen LogP contribution in [0.2, 0.25) is 0 Å². The zero-order valence-electron chi connectivity index (χ0n) is 13.8. The highest BCUT2D eigenvalue weighted by Crippen LogP contribution is 2.41. The minimum absolute atomic E-state index is 0.0450. The van der Waals surface area contributed by atoms with Gasteiger partial charge in [-0.15, -0.1) is 0 Å². The van der Waals surface area contributed by atoms with Crippen LogP contribution >= 0.6 is 0 Å². The second-order valence-corrected chi connectivity index (χ2v) is 5.92. The van der Waals surface area contributed by atoms with Gasteiger partial charge in [0.05, 0.1) is 5.39 Å². The number of aromatic hydroxyl groups is 1. The lowest BCUT2D eigenvalue weighted by molar-refractivity contribution is -0.152. The zero-order chi connectivity index (χ0) is 20.7. The highest BCUT2D eigenvalue weighted by Gasteiger charge is 2.34. The van der Waals surface area contributed by atoms with Crippen LogP contribution in [-0.2, 0) is 19.2 Å². The number of phenolic OH excluding ortho intramolecular Hbond substituents is 1. The van der Waals surface area contributed by atoms with Crippen LogP contribution in [0, 0.1) is 0 Å². The van der Waals surface area contributed by atoms with Gasteiger partial charge in [0.1, 0.15) is 16.9 Å². The summed E-state index contributed by atoms with van der Waals surface area (Å²) in [6.07, 6.45) is 0. The van der Waals surface area contributed by atoms with Crippen molar-refractivity contribution in [2.75, 3.05) is 0 Å². The molecule has 1 aromatic heterocycles. The van der Waals surface area contributed by atoms with E-state index in [4.69, 9.17) is 4.42 Å². The Morgan fingerprint density at radius 1 is 0.714 bits per heavy atom. The molecule has 3 aromatic rings. The van der Waals surface area contributed by atoms with E-state index >= 15 is 0 Å². The van der Waals surface area contributed by atoms with E-state index in [0.717, 1.165) is 12.1 Å². The van der Waals surface area contributed by atoms with Gasteiger partial charge in [0.2, 0.25) is 0 Å². The van der Waals surface area contributed by atoms with Crippen molar-refractivity contribution in [3.05, 3.63) is 41.5 Å². The molecule has 1 heterocycles. The van der Waals surface area contributed by atoms with Crippen molar-refractivity contribution in [1.29, 1.82) is 0 Å². The Labute approximate surface area is 154 Å². The zero-order valence-corrected chi connectivity index (χ0v) is 13.8. The van der Waals surface area contributed by atoms with Gasteiger partial charge < -0.3 is 29.9 Å². The fraction of sp³-hybridized carbons (Fsp3) is 0.111. The molecule has 0 saturated heterocycles. The number of rotatable bonds is 6. The van der Waals surface area contributed by atoms with E-state index in [9.17, 15) is 44.7 Å². The van der Waals surface area contributed by atoms with Gasteiger partial charge in [0.25, 0.3) is 0 Å². The number of hydrogen-bond acceptors (Lipinski definition) is 6. The molecule has 5 N–H and O–H groups in total. The first kappa shape index (κ1) is 18.7. The molecule has 3 rings (SSSR count). The summed E-state index contributed by atoms with van der Waals surface area (Å²) in [6, 6.07) is 6.12. The smallest absolute Gasteiger partial charge is 0.322 e. The summed E-state index contributed by atoms with van der Waals surface area (Å²) >= 11 is 0. The molecule has 0 unspecified atom stereocenters. The van der Waals surface area contributed by atoms with Gasteiger partial charge in [-0.3, -0.25) is 19.2 Å². The van der Waals surface area contributed by atoms with Crippen LogP contribution in [-0.4, -0.2) is 49.4 Å². The van der Waals surface area contributed by atoms with Crippen molar-refractivity contribution in [3.8, 4) is 5.75 Å². The molecule has 2 aromatic carbocycles. The van der Waals surface area contributed by atoms with E-state index in [2.05, 4.69) is 0 Å². The molecule has 0 amide bonds. The summed E-state index contributed by atoms with van der Waals surface area (Å²) in [4.78, 5) is 45.6. The number of furan rings is 1. The van der Waals surface area contributed by atoms with Crippen molar-refractivity contribution in [1.82, 2.24) is 0 Å². The average Bonchev–Trinajstić information content (AvgIpc) is 2.97. The molecule has 10 heteroatoms. The van der Waals surface area contributed by atoms with Gasteiger partial charge in [-0.05, 0) is 6.07 Å². The average molecular weight is 388 g/mol. The molecule has 0 aliphatic heterocycles. The largest absolute Gasteiger partial charge is 0.507 e. The normalized spacial score (nSPS) is 11.4. The second kappa shape index (κ2) is 6.58. The summed E-state index contributed by atoms with van der Waals surface area (Å²) in [5.74, 6) is -11.0. The minimum atomic E-state index is -2.01. The van der Waals surface area contributed by atoms with Crippen molar-refractivity contribution < 1.29 is 49.1 Å². The monoisotopic (exact) mass is 388 g/mol. The summed E-state index contributed by atoms with van der Waals surface area (Å²) < 4.78 is 5.54. The topological polar surface area (TPSA) is 183 Å². The predicted octanol–water partition coefficient (Wildman–Crippen LogP) is 1.80. The Balaban J connectivity index is 2.44. The molecule has 28 heavy (non-hydrogen) atoms. The third-order valence-corrected chi connectivity index (χ3v) is 4.29. The van der Waals surface area contributed by atoms with Crippen LogP contribution in [0.3, 0.4) is 0 Å². The number of para-hydroxylation sites is 1. The Bertz CT molecular complexity index is 1130. The number of phenols is 1. The molecule has 0 radical (unpaired) electrons. The van der Waals surface area contributed by atoms with Gasteiger partial charge in [-0.25, -0.2) is 0 Å². The first-order valence-electron chi connectivity index (χ1n) is 7.73. The maximum atomic E-state index is 11.4. The number of hydrogen-bond donors (Lipinski definition) is 5. The Kier molecular flexibility index (Phi) is 4.39. The number of fused-ring (bicyclic) bond motifs is 3. The summed E-state index contributed by atoms with van der Waals surface area (Å²) in [7, 11) is 0. The van der Waals surface area contributed by atoms with Gasteiger partial charge in [0, 0.05) is 16.5 Å². The third-order valence-electron chi connectivity index (χ3n) is 4.29. The third kappa shape index (κ3) is 2.76. The highest BCUT2D eigenvalue weighted by molar-refractivity contribution is 6.14. The molecule has 0 saturated carbocycles. The van der Waals surface area contributed by atoms with Crippen LogP contribution in [0.1, 0.15) is 23.0 Å². The molecule has 0 fully saturated rings. The predicted molar refractivity (Wildman–Crippen MR) is 91.4 cm³/mol. The molecule has 144 valence electrons. The van der Waals surface area contributed by atoms with Crippen molar-refractivity contribution in [3.63, 3.8) is 0 Å². The Morgan fingerprint density at radius 3 is 1.71 bits per heavy atom. The van der Waals surface area contributed by atoms with E-state index in [1.54, 1.807) is 0 Å². The Morgan fingerprint density at radius 2 is 1.21 bits per heavy atom. The molecule has 0 atom stereocenters. The summed E-state index contributed by atoms with van der Waals surface area (Å²) in [5.41, 5.74) is -1.00. The molecule has 10 nitrogen and oxygen atoms in total. The second-order valence-electron chi connectivity index (χ2n) is 5.92. The van der Waals surface area contributed by atoms with Crippen LogP contribution in [0.4, 0.5) is 0 Å². The van der Waals surface area contributed by atoms with E-state index in [1.165, 1.54) is 18.2 Å². The first-order valence-corrected chi connectivity index (χ1v) is 7.73. The van der Waals surface area contributed by atoms with Gasteiger partial charge in [0.15, 0.2) is 11.8 Å². The highest BCUT2D eigenvalue weighted by atomic mass is 16.4. The van der Waals surface area contributed by atoms with Crippen molar-refractivity contribution in [2.45, 2.75) is 11.8 Å². The maximum absolute atomic E-state index is 11.4. The van der Waals surface area contributed by atoms with Crippen LogP contribution in [0.25, 0.3) is 21.9 Å². The van der Waals surface area contributed by atoms with E-state index in [1.807, 2.05) is 0 Å². The van der Waals surface area contributed by atoms with Crippen LogP contribution in [0.15, 0.2) is 34.7 Å². The lowest BCUT2D eigenvalue weighted by atomic mass is 9.95. The number of aliphatic carboxylic acids is 4. The van der Waals surface area contributed by atoms with Gasteiger partial charge >= 0.3 is 23.9 Å². The van der Waals surface area contributed by atoms with Crippen LogP contribution in [0.5, 0.6) is 5.75 Å². The van der Waals surface area contributed by atoms with E-state index in [0.29, 0.717) is 0 Å². The number of carbonyl (C=O) groups is 4. The minimum Gasteiger partial charge on any atom is -0.507 e. The number of benzene rings is 2. The quantitative estimate of drug-likeness (QED) is 0.390. The fourth-order valence-corrected chi connectivity index (χ4v) is 3.12. The molecular formula is C18H12O10. The SMILES string of the molecule is O=C(O)C(C(=O)O)c1cccc2c1oc1c(C(C(=O)O)C(=O)O)ccc(O)c12. The summed E-state index contributed by atoms with van der Waals surface area (Å²) in [6.45, 7) is 0. The Hall–Kier alpha value is -4.08. The molecular weight excluding hydrogens is 376 g/mol. The number of carboxylic acids is 4. The lowest BCUT2D eigenvalue weighted by Gasteiger charge is -2.08. The van der Waals surface area contributed by atoms with Crippen LogP contribution < -0.4 is 0 Å². The summed E-state index contributed by atoms with van der Waals surface area (Å²) in [5, 5.41) is 47.3. The van der Waals surface area contributed by atoms with E-state index in [-0.39, 0.29) is 38.8 Å². The maximum Gasteiger partial charge on any atom is 0.322 e. The lowest BCUT2D eigenvalue weighted by Crippen LogP contribution is -2.21. The first-order chi connectivity index (χ1) is 13.1. The molecule has 0 spiro atoms. The van der Waals surface area contributed by atoms with Gasteiger partial charge in [-0.1, -0.05) is 24.3 Å². The fourth-order valence-electron chi connectivity index (χ4n) is 3.12. The van der Waals surface area contributed by atoms with Crippen molar-refractivity contribution >= 4 is 45.8 Å². The van der Waals surface area contributed by atoms with Gasteiger partial charge in [-0.2, -0.15) is 0 Å². The molecule has 0 bridgehead atoms. The molecule has 0 aliphatic carbocycles. The van der Waals surface area contributed by atoms with Crippen molar-refractivity contribution in [2.24, 2.45) is 0 Å². The van der Waals surface area contributed by atoms with E-state index < -0.39 is 35.7 Å².